The number of aliphatic carboxylic acids is 2. The summed E-state index contributed by atoms with van der Waals surface area (Å²) in [5, 5.41) is 25.4. The highest BCUT2D eigenvalue weighted by Crippen LogP contribution is 2.15. The Morgan fingerprint density at radius 2 is 1.69 bits per heavy atom. The monoisotopic (exact) mass is 233 g/mol. The first kappa shape index (κ1) is 14.4. The first-order valence-electron chi connectivity index (χ1n) is 4.85. The molecular weight excluding hydrogens is 218 g/mol. The second kappa shape index (κ2) is 7.63. The van der Waals surface area contributed by atoms with Crippen molar-refractivity contribution in [3.63, 3.8) is 0 Å². The minimum Gasteiger partial charge on any atom is -0.481 e. The van der Waals surface area contributed by atoms with Gasteiger partial charge in [-0.1, -0.05) is 0 Å². The number of carbonyl (C=O) groups is 3. The fraction of sp³-hybridized carbons (Fsp3) is 0.667. The molecule has 0 saturated carbocycles. The Morgan fingerprint density at radius 3 is 2.12 bits per heavy atom. The van der Waals surface area contributed by atoms with Gasteiger partial charge in [-0.2, -0.15) is 0 Å². The zero-order valence-corrected chi connectivity index (χ0v) is 8.68. The van der Waals surface area contributed by atoms with Crippen LogP contribution in [0.4, 0.5) is 0 Å². The fourth-order valence-electron chi connectivity index (χ4n) is 1.25. The summed E-state index contributed by atoms with van der Waals surface area (Å²) in [7, 11) is 0. The van der Waals surface area contributed by atoms with Gasteiger partial charge in [0, 0.05) is 12.8 Å². The van der Waals surface area contributed by atoms with Crippen molar-refractivity contribution in [1.29, 1.82) is 0 Å². The second-order valence-corrected chi connectivity index (χ2v) is 3.39. The third kappa shape index (κ3) is 6.77. The van der Waals surface area contributed by atoms with Gasteiger partial charge < -0.3 is 10.2 Å². The van der Waals surface area contributed by atoms with Crippen LogP contribution in [-0.2, 0) is 14.4 Å². The predicted octanol–water partition coefficient (Wildman–Crippen LogP) is 0.228. The maximum absolute atomic E-state index is 10.7. The van der Waals surface area contributed by atoms with Crippen molar-refractivity contribution in [2.24, 2.45) is 5.92 Å². The normalized spacial score (nSPS) is 11.8. The lowest BCUT2D eigenvalue weighted by Gasteiger charge is -2.09. The molecule has 0 fully saturated rings. The number of hydrogen-bond acceptors (Lipinski definition) is 4. The Morgan fingerprint density at radius 1 is 1.06 bits per heavy atom. The van der Waals surface area contributed by atoms with Gasteiger partial charge in [-0.3, -0.25) is 19.6 Å². The fourth-order valence-corrected chi connectivity index (χ4v) is 1.25. The van der Waals surface area contributed by atoms with Gasteiger partial charge in [-0.25, -0.2) is 5.48 Å². The van der Waals surface area contributed by atoms with E-state index in [2.05, 4.69) is 0 Å². The van der Waals surface area contributed by atoms with Gasteiger partial charge in [0.2, 0.25) is 5.91 Å². The Bertz CT molecular complexity index is 265. The molecule has 7 nitrogen and oxygen atoms in total. The van der Waals surface area contributed by atoms with E-state index in [0.29, 0.717) is 6.42 Å². The van der Waals surface area contributed by atoms with Crippen LogP contribution >= 0.6 is 0 Å². The van der Waals surface area contributed by atoms with Crippen LogP contribution < -0.4 is 5.48 Å². The van der Waals surface area contributed by atoms with Crippen molar-refractivity contribution in [2.45, 2.75) is 32.1 Å². The topological polar surface area (TPSA) is 124 Å². The summed E-state index contributed by atoms with van der Waals surface area (Å²) in [5.41, 5.74) is 1.44. The van der Waals surface area contributed by atoms with Crippen molar-refractivity contribution >= 4 is 17.8 Å². The lowest BCUT2D eigenvalue weighted by atomic mass is 9.97. The molecule has 0 aliphatic carbocycles. The van der Waals surface area contributed by atoms with E-state index in [-0.39, 0.29) is 25.7 Å². The van der Waals surface area contributed by atoms with Crippen LogP contribution in [0.2, 0.25) is 0 Å². The number of carboxylic acid groups (broad SMARTS) is 2. The molecule has 0 aliphatic heterocycles. The van der Waals surface area contributed by atoms with E-state index < -0.39 is 23.8 Å². The lowest BCUT2D eigenvalue weighted by molar-refractivity contribution is -0.143. The number of nitrogens with one attached hydrogen (secondary N) is 1. The average Bonchev–Trinajstić information content (AvgIpc) is 2.21. The van der Waals surface area contributed by atoms with Crippen molar-refractivity contribution in [1.82, 2.24) is 5.48 Å². The average molecular weight is 233 g/mol. The Kier molecular flexibility index (Phi) is 6.86. The van der Waals surface area contributed by atoms with Crippen LogP contribution in [0.5, 0.6) is 0 Å². The summed E-state index contributed by atoms with van der Waals surface area (Å²) in [4.78, 5) is 31.6. The minimum atomic E-state index is -1.06. The van der Waals surface area contributed by atoms with Gasteiger partial charge >= 0.3 is 11.9 Å². The SMILES string of the molecule is O=C(O)CCC(CCCC(=O)NO)C(=O)O. The molecule has 16 heavy (non-hydrogen) atoms. The largest absolute Gasteiger partial charge is 0.481 e. The molecular formula is C9H15NO6. The van der Waals surface area contributed by atoms with E-state index in [1.165, 1.54) is 5.48 Å². The molecule has 0 saturated heterocycles. The van der Waals surface area contributed by atoms with E-state index in [9.17, 15) is 14.4 Å². The maximum atomic E-state index is 10.7. The smallest absolute Gasteiger partial charge is 0.306 e. The molecule has 0 radical (unpaired) electrons. The Labute approximate surface area is 92.0 Å². The van der Waals surface area contributed by atoms with E-state index in [1.54, 1.807) is 0 Å². The number of amides is 1. The van der Waals surface area contributed by atoms with Gasteiger partial charge in [0.25, 0.3) is 0 Å². The van der Waals surface area contributed by atoms with Gasteiger partial charge in [0.1, 0.15) is 0 Å². The number of rotatable bonds is 8. The standard InChI is InChI=1S/C9H15NO6/c11-7(10-16)3-1-2-6(9(14)15)4-5-8(12)13/h6,16H,1-5H2,(H,10,11)(H,12,13)(H,14,15). The Balaban J connectivity index is 3.90. The highest BCUT2D eigenvalue weighted by Gasteiger charge is 2.18. The molecule has 0 aromatic heterocycles. The predicted molar refractivity (Wildman–Crippen MR) is 51.8 cm³/mol. The van der Waals surface area contributed by atoms with Crippen molar-refractivity contribution in [2.75, 3.05) is 0 Å². The van der Waals surface area contributed by atoms with E-state index >= 15 is 0 Å². The van der Waals surface area contributed by atoms with Gasteiger partial charge in [0.15, 0.2) is 0 Å². The van der Waals surface area contributed by atoms with Crippen LogP contribution in [-0.4, -0.2) is 33.3 Å². The highest BCUT2D eigenvalue weighted by molar-refractivity contribution is 5.75. The summed E-state index contributed by atoms with van der Waals surface area (Å²) in [6.45, 7) is 0. The van der Waals surface area contributed by atoms with Gasteiger partial charge in [0.05, 0.1) is 5.92 Å². The summed E-state index contributed by atoms with van der Waals surface area (Å²) in [5.74, 6) is -3.45. The van der Waals surface area contributed by atoms with E-state index in [1.807, 2.05) is 0 Å². The number of carboxylic acids is 2. The number of hydroxylamine groups is 1. The molecule has 0 aliphatic rings. The molecule has 1 amide bonds. The molecule has 1 atom stereocenters. The van der Waals surface area contributed by atoms with E-state index in [4.69, 9.17) is 15.4 Å². The van der Waals surface area contributed by atoms with Crippen LogP contribution in [0.3, 0.4) is 0 Å². The van der Waals surface area contributed by atoms with Crippen LogP contribution in [0, 0.1) is 5.92 Å². The van der Waals surface area contributed by atoms with Crippen LogP contribution in [0.25, 0.3) is 0 Å². The molecule has 0 rings (SSSR count). The first-order valence-corrected chi connectivity index (χ1v) is 4.85. The molecule has 0 heterocycles. The highest BCUT2D eigenvalue weighted by atomic mass is 16.5. The summed E-state index contributed by atoms with van der Waals surface area (Å²) < 4.78 is 0. The molecule has 4 N–H and O–H groups in total. The first-order chi connectivity index (χ1) is 7.47. The zero-order chi connectivity index (χ0) is 12.6. The third-order valence-electron chi connectivity index (χ3n) is 2.14. The molecule has 0 spiro atoms. The quantitative estimate of drug-likeness (QED) is 0.351. The lowest BCUT2D eigenvalue weighted by Crippen LogP contribution is -2.20. The number of hydrogen-bond donors (Lipinski definition) is 4. The second-order valence-electron chi connectivity index (χ2n) is 3.39. The molecule has 7 heteroatoms. The third-order valence-corrected chi connectivity index (χ3v) is 2.14. The molecule has 0 aromatic rings. The van der Waals surface area contributed by atoms with Gasteiger partial charge in [-0.15, -0.1) is 0 Å². The van der Waals surface area contributed by atoms with Crippen molar-refractivity contribution in [3.8, 4) is 0 Å². The Hall–Kier alpha value is -1.63. The zero-order valence-electron chi connectivity index (χ0n) is 8.68. The molecule has 0 aromatic carbocycles. The summed E-state index contributed by atoms with van der Waals surface area (Å²) >= 11 is 0. The van der Waals surface area contributed by atoms with Crippen molar-refractivity contribution in [3.05, 3.63) is 0 Å². The molecule has 1 unspecified atom stereocenters. The minimum absolute atomic E-state index is 0.0212. The molecule has 0 bridgehead atoms. The molecule has 92 valence electrons. The summed E-state index contributed by atoms with van der Waals surface area (Å²) in [6.07, 6.45) is 0.376. The van der Waals surface area contributed by atoms with Crippen molar-refractivity contribution < 1.29 is 29.8 Å². The number of carbonyl (C=O) groups excluding carboxylic acids is 1. The van der Waals surface area contributed by atoms with Gasteiger partial charge in [-0.05, 0) is 19.3 Å². The van der Waals surface area contributed by atoms with Crippen LogP contribution in [0.1, 0.15) is 32.1 Å². The van der Waals surface area contributed by atoms with E-state index in [0.717, 1.165) is 0 Å². The van der Waals surface area contributed by atoms with Crippen LogP contribution in [0.15, 0.2) is 0 Å². The maximum Gasteiger partial charge on any atom is 0.306 e. The summed E-state index contributed by atoms with van der Waals surface area (Å²) in [6, 6.07) is 0.